The van der Waals surface area contributed by atoms with E-state index in [4.69, 9.17) is 30.4 Å². The van der Waals surface area contributed by atoms with Gasteiger partial charge in [-0.05, 0) is 32.2 Å². The minimum Gasteiger partial charge on any atom is -0.379 e. The number of hydrogen-bond donors (Lipinski definition) is 6. The molecule has 0 saturated carbocycles. The van der Waals surface area contributed by atoms with Crippen molar-refractivity contribution < 1.29 is 42.9 Å². The van der Waals surface area contributed by atoms with Crippen LogP contribution >= 0.6 is 0 Å². The molecule has 0 aliphatic heterocycles. The number of likely N-dealkylation sites (N-methyl/N-ethyl adjacent to an activating group) is 1. The van der Waals surface area contributed by atoms with Crippen LogP contribution in [0.2, 0.25) is 0 Å². The van der Waals surface area contributed by atoms with Gasteiger partial charge < -0.3 is 56.5 Å². The third-order valence-electron chi connectivity index (χ3n) is 5.49. The topological polar surface area (TPSA) is 222 Å². The Balaban J connectivity index is -0.000000934. The van der Waals surface area contributed by atoms with E-state index in [0.29, 0.717) is 78.6 Å². The van der Waals surface area contributed by atoms with Crippen LogP contribution in [0.4, 0.5) is 4.79 Å². The maximum atomic E-state index is 11.7. The highest BCUT2D eigenvalue weighted by molar-refractivity contribution is 5.80. The van der Waals surface area contributed by atoms with E-state index in [2.05, 4.69) is 21.3 Å². The van der Waals surface area contributed by atoms with Gasteiger partial charge in [0.15, 0.2) is 0 Å². The molecule has 0 rings (SSSR count). The van der Waals surface area contributed by atoms with Crippen molar-refractivity contribution in [3.05, 3.63) is 0 Å². The quantitative estimate of drug-likeness (QED) is 0.0560. The number of urea groups is 1. The number of rotatable bonds is 26. The molecule has 0 spiro atoms. The molecule has 0 aromatic heterocycles. The highest BCUT2D eigenvalue weighted by Crippen LogP contribution is 1.99. The third-order valence-corrected chi connectivity index (χ3v) is 5.49. The number of carbonyl (C=O) groups is 5. The van der Waals surface area contributed by atoms with Crippen molar-refractivity contribution in [1.29, 1.82) is 0 Å². The Kier molecular flexibility index (Phi) is 35.9. The fraction of sp³-hybridized carbons (Fsp3) is 0.828. The van der Waals surface area contributed by atoms with Crippen molar-refractivity contribution in [3.8, 4) is 0 Å². The monoisotopic (exact) mass is 636 g/mol. The van der Waals surface area contributed by atoms with E-state index in [1.807, 2.05) is 34.6 Å². The predicted molar refractivity (Wildman–Crippen MR) is 169 cm³/mol. The molecule has 2 atom stereocenters. The molecule has 2 unspecified atom stereocenters. The Morgan fingerprint density at radius 3 is 1.70 bits per heavy atom. The second kappa shape index (κ2) is 34.6. The lowest BCUT2D eigenvalue weighted by atomic mass is 10.1. The first-order valence-electron chi connectivity index (χ1n) is 15.4. The lowest BCUT2D eigenvalue weighted by Gasteiger charge is -2.16. The molecule has 260 valence electrons. The van der Waals surface area contributed by atoms with Gasteiger partial charge >= 0.3 is 6.03 Å². The summed E-state index contributed by atoms with van der Waals surface area (Å²) in [7, 11) is 1.66. The second-order valence-corrected chi connectivity index (χ2v) is 9.45. The summed E-state index contributed by atoms with van der Waals surface area (Å²) in [6.45, 7) is 14.1. The molecule has 0 aliphatic rings. The van der Waals surface area contributed by atoms with Crippen LogP contribution < -0.4 is 32.7 Å². The van der Waals surface area contributed by atoms with Crippen LogP contribution in [0.1, 0.15) is 66.7 Å². The summed E-state index contributed by atoms with van der Waals surface area (Å²) in [6.07, 6.45) is 3.60. The number of hydrogen-bond acceptors (Lipinski definition) is 10. The van der Waals surface area contributed by atoms with Crippen LogP contribution in [0.15, 0.2) is 0 Å². The zero-order valence-corrected chi connectivity index (χ0v) is 27.7. The van der Waals surface area contributed by atoms with Crippen molar-refractivity contribution in [2.24, 2.45) is 17.4 Å². The van der Waals surface area contributed by atoms with Crippen molar-refractivity contribution in [2.45, 2.75) is 78.8 Å². The van der Waals surface area contributed by atoms with Crippen LogP contribution in [0.5, 0.6) is 0 Å². The molecular formula is C29H60N6O9. The zero-order chi connectivity index (χ0) is 34.0. The Morgan fingerprint density at radius 1 is 0.750 bits per heavy atom. The van der Waals surface area contributed by atoms with E-state index in [9.17, 15) is 24.0 Å². The van der Waals surface area contributed by atoms with E-state index >= 15 is 0 Å². The summed E-state index contributed by atoms with van der Waals surface area (Å²) in [6, 6.07) is -1.35. The summed E-state index contributed by atoms with van der Waals surface area (Å²) in [4.78, 5) is 54.7. The van der Waals surface area contributed by atoms with Crippen molar-refractivity contribution in [3.63, 3.8) is 0 Å². The smallest absolute Gasteiger partial charge is 0.312 e. The molecule has 0 heterocycles. The number of aldehydes is 1. The van der Waals surface area contributed by atoms with Crippen LogP contribution in [0.3, 0.4) is 0 Å². The first-order valence-corrected chi connectivity index (χ1v) is 15.4. The van der Waals surface area contributed by atoms with Crippen molar-refractivity contribution in [1.82, 2.24) is 21.3 Å². The Labute approximate surface area is 263 Å². The standard InChI is InChI=1S/C20H38N2O7.C7H16N4O2.C2H6/c1-4-5-19(24)21-7-9-27-11-13-29-15-14-28-12-10-26-8-6-20(25)22-18(16-23)17(2)3;1-10-5(6(8)12)3-2-4-11-7(9)13;1-2/h16-18H,4-15H2,1-3H3,(H,21,24)(H,22,25);5,10H,2-4H2,1H3,(H2,8,12)(H3,9,11,13);1-2H3. The maximum absolute atomic E-state index is 11.7. The van der Waals surface area contributed by atoms with E-state index in [1.165, 1.54) is 0 Å². The van der Waals surface area contributed by atoms with E-state index < -0.39 is 12.1 Å². The van der Waals surface area contributed by atoms with Gasteiger partial charge in [0.25, 0.3) is 0 Å². The van der Waals surface area contributed by atoms with Crippen LogP contribution in [-0.4, -0.2) is 115 Å². The Hall–Kier alpha value is -2.85. The maximum Gasteiger partial charge on any atom is 0.312 e. The first-order chi connectivity index (χ1) is 21.1. The number of nitrogens with one attached hydrogen (secondary N) is 4. The van der Waals surface area contributed by atoms with Crippen LogP contribution in [-0.2, 0) is 38.1 Å². The van der Waals surface area contributed by atoms with Gasteiger partial charge in [-0.3, -0.25) is 14.4 Å². The number of ether oxygens (including phenoxy) is 4. The Bertz CT molecular complexity index is 729. The molecule has 8 N–H and O–H groups in total. The lowest BCUT2D eigenvalue weighted by molar-refractivity contribution is -0.125. The molecule has 0 fully saturated rings. The van der Waals surface area contributed by atoms with Gasteiger partial charge in [0.2, 0.25) is 17.7 Å². The summed E-state index contributed by atoms with van der Waals surface area (Å²) in [5.74, 6) is -0.468. The van der Waals surface area contributed by atoms with Crippen molar-refractivity contribution >= 4 is 30.0 Å². The summed E-state index contributed by atoms with van der Waals surface area (Å²) < 4.78 is 21.4. The van der Waals surface area contributed by atoms with Crippen LogP contribution in [0, 0.1) is 5.92 Å². The molecular weight excluding hydrogens is 576 g/mol. The van der Waals surface area contributed by atoms with E-state index in [0.717, 1.165) is 12.7 Å². The van der Waals surface area contributed by atoms with Gasteiger partial charge in [-0.2, -0.15) is 0 Å². The van der Waals surface area contributed by atoms with Gasteiger partial charge in [-0.25, -0.2) is 4.79 Å². The van der Waals surface area contributed by atoms with Crippen molar-refractivity contribution in [2.75, 3.05) is 73.0 Å². The SMILES string of the molecule is CC.CCCC(=O)NCCOCCOCCOCCOCCC(=O)NC(C=O)C(C)C.CNC(CCCNC(N)=O)C(N)=O. The van der Waals surface area contributed by atoms with Gasteiger partial charge in [-0.15, -0.1) is 0 Å². The minimum atomic E-state index is -0.555. The zero-order valence-electron chi connectivity index (χ0n) is 27.7. The number of carbonyl (C=O) groups excluding carboxylic acids is 5. The molecule has 15 heteroatoms. The summed E-state index contributed by atoms with van der Waals surface area (Å²) in [5.41, 5.74) is 9.92. The molecule has 0 bridgehead atoms. The van der Waals surface area contributed by atoms with Gasteiger partial charge in [0, 0.05) is 25.9 Å². The summed E-state index contributed by atoms with van der Waals surface area (Å²) >= 11 is 0. The molecule has 0 aromatic rings. The molecule has 0 saturated heterocycles. The normalized spacial score (nSPS) is 11.6. The fourth-order valence-electron chi connectivity index (χ4n) is 3.07. The highest BCUT2D eigenvalue weighted by Gasteiger charge is 2.14. The lowest BCUT2D eigenvalue weighted by Crippen LogP contribution is -2.40. The fourth-order valence-corrected chi connectivity index (χ4v) is 3.07. The van der Waals surface area contributed by atoms with Gasteiger partial charge in [-0.1, -0.05) is 34.6 Å². The summed E-state index contributed by atoms with van der Waals surface area (Å²) in [5, 5.41) is 10.6. The molecule has 15 nitrogen and oxygen atoms in total. The number of primary amides is 2. The average Bonchev–Trinajstić information content (AvgIpc) is 2.98. The largest absolute Gasteiger partial charge is 0.379 e. The van der Waals surface area contributed by atoms with Gasteiger partial charge in [0.05, 0.1) is 64.9 Å². The molecule has 0 aliphatic carbocycles. The third kappa shape index (κ3) is 33.6. The molecule has 5 amide bonds. The average molecular weight is 637 g/mol. The molecule has 44 heavy (non-hydrogen) atoms. The highest BCUT2D eigenvalue weighted by atomic mass is 16.6. The van der Waals surface area contributed by atoms with E-state index in [1.54, 1.807) is 7.05 Å². The second-order valence-electron chi connectivity index (χ2n) is 9.45. The predicted octanol–water partition coefficient (Wildman–Crippen LogP) is 0.233. The number of nitrogens with two attached hydrogens (primary N) is 2. The first kappa shape index (κ1) is 45.6. The number of amides is 5. The molecule has 0 radical (unpaired) electrons. The Morgan fingerprint density at radius 2 is 1.27 bits per heavy atom. The van der Waals surface area contributed by atoms with Crippen LogP contribution in [0.25, 0.3) is 0 Å². The van der Waals surface area contributed by atoms with E-state index in [-0.39, 0.29) is 42.7 Å². The molecule has 0 aromatic carbocycles. The minimum absolute atomic E-state index is 0.0504. The van der Waals surface area contributed by atoms with Gasteiger partial charge in [0.1, 0.15) is 6.29 Å².